The van der Waals surface area contributed by atoms with E-state index >= 15 is 0 Å². The monoisotopic (exact) mass is 293 g/mol. The predicted molar refractivity (Wildman–Crippen MR) is 90.0 cm³/mol. The molecule has 0 spiro atoms. The summed E-state index contributed by atoms with van der Waals surface area (Å²) in [6.45, 7) is 4.19. The van der Waals surface area contributed by atoms with Gasteiger partial charge in [-0.1, -0.05) is 38.1 Å². The van der Waals surface area contributed by atoms with Crippen LogP contribution in [0.3, 0.4) is 0 Å². The van der Waals surface area contributed by atoms with Crippen LogP contribution in [0.4, 0.5) is 5.95 Å². The van der Waals surface area contributed by atoms with Crippen LogP contribution in [0, 0.1) is 0 Å². The van der Waals surface area contributed by atoms with Crippen LogP contribution in [0.5, 0.6) is 5.75 Å². The first-order valence-corrected chi connectivity index (χ1v) is 7.30. The van der Waals surface area contributed by atoms with Gasteiger partial charge >= 0.3 is 0 Å². The molecular weight excluding hydrogens is 274 g/mol. The third-order valence-corrected chi connectivity index (χ3v) is 3.73. The van der Waals surface area contributed by atoms with Crippen molar-refractivity contribution >= 4 is 16.7 Å². The first kappa shape index (κ1) is 14.3. The topological polar surface area (TPSA) is 61.0 Å². The molecule has 0 unspecified atom stereocenters. The Labute approximate surface area is 130 Å². The zero-order valence-electron chi connectivity index (χ0n) is 13.0. The molecule has 0 saturated carbocycles. The number of methoxy groups -OCH3 is 1. The van der Waals surface area contributed by atoms with E-state index in [2.05, 4.69) is 29.9 Å². The van der Waals surface area contributed by atoms with E-state index in [9.17, 15) is 0 Å². The highest BCUT2D eigenvalue weighted by atomic mass is 16.5. The van der Waals surface area contributed by atoms with Crippen LogP contribution in [0.2, 0.25) is 0 Å². The summed E-state index contributed by atoms with van der Waals surface area (Å²) >= 11 is 0. The minimum absolute atomic E-state index is 0.300. The van der Waals surface area contributed by atoms with Gasteiger partial charge in [0.25, 0.3) is 0 Å². The number of fused-ring (bicyclic) bond motifs is 1. The number of aromatic nitrogens is 2. The van der Waals surface area contributed by atoms with Crippen LogP contribution in [-0.2, 0) is 0 Å². The van der Waals surface area contributed by atoms with Gasteiger partial charge in [-0.3, -0.25) is 0 Å². The lowest BCUT2D eigenvalue weighted by Crippen LogP contribution is -2.02. The molecular formula is C18H19N3O. The number of anilines is 1. The molecule has 0 aliphatic rings. The van der Waals surface area contributed by atoms with E-state index < -0.39 is 0 Å². The number of hydrogen-bond donors (Lipinski definition) is 1. The predicted octanol–water partition coefficient (Wildman–Crippen LogP) is 4.01. The van der Waals surface area contributed by atoms with Gasteiger partial charge in [0.1, 0.15) is 5.75 Å². The number of nitrogens with two attached hydrogens (primary N) is 1. The lowest BCUT2D eigenvalue weighted by molar-refractivity contribution is 0.420. The molecule has 22 heavy (non-hydrogen) atoms. The maximum Gasteiger partial charge on any atom is 0.220 e. The smallest absolute Gasteiger partial charge is 0.220 e. The minimum atomic E-state index is 0.300. The summed E-state index contributed by atoms with van der Waals surface area (Å²) in [5, 5.41) is 2.15. The van der Waals surface area contributed by atoms with Crippen LogP contribution in [0.25, 0.3) is 22.0 Å². The van der Waals surface area contributed by atoms with Crippen molar-refractivity contribution in [2.24, 2.45) is 0 Å². The number of nitrogen functional groups attached to an aromatic ring is 1. The van der Waals surface area contributed by atoms with Crippen LogP contribution in [0.15, 0.2) is 42.5 Å². The van der Waals surface area contributed by atoms with E-state index in [-0.39, 0.29) is 0 Å². The van der Waals surface area contributed by atoms with Crippen molar-refractivity contribution < 1.29 is 4.74 Å². The van der Waals surface area contributed by atoms with Gasteiger partial charge in [0.2, 0.25) is 5.95 Å². The van der Waals surface area contributed by atoms with Crippen molar-refractivity contribution in [2.75, 3.05) is 12.8 Å². The van der Waals surface area contributed by atoms with Gasteiger partial charge in [0.05, 0.1) is 12.8 Å². The summed E-state index contributed by atoms with van der Waals surface area (Å²) in [4.78, 5) is 8.73. The van der Waals surface area contributed by atoms with Gasteiger partial charge in [0.15, 0.2) is 0 Å². The van der Waals surface area contributed by atoms with E-state index in [4.69, 9.17) is 10.5 Å². The summed E-state index contributed by atoms with van der Waals surface area (Å²) in [6, 6.07) is 14.1. The summed E-state index contributed by atoms with van der Waals surface area (Å²) < 4.78 is 5.45. The molecule has 0 fully saturated rings. The summed E-state index contributed by atoms with van der Waals surface area (Å²) in [6.07, 6.45) is 0. The van der Waals surface area contributed by atoms with Crippen molar-refractivity contribution in [3.8, 4) is 17.0 Å². The van der Waals surface area contributed by atoms with E-state index in [1.54, 1.807) is 7.11 Å². The quantitative estimate of drug-likeness (QED) is 0.792. The Bertz CT molecular complexity index is 828. The van der Waals surface area contributed by atoms with E-state index in [1.807, 2.05) is 36.4 Å². The fraction of sp³-hybridized carbons (Fsp3) is 0.222. The summed E-state index contributed by atoms with van der Waals surface area (Å²) in [5.41, 5.74) is 8.71. The van der Waals surface area contributed by atoms with Crippen LogP contribution in [0.1, 0.15) is 25.5 Å². The number of rotatable bonds is 3. The number of benzene rings is 2. The molecule has 0 saturated heterocycles. The molecule has 2 N–H and O–H groups in total. The van der Waals surface area contributed by atoms with Gasteiger partial charge in [0, 0.05) is 16.6 Å². The minimum Gasteiger partial charge on any atom is -0.496 e. The second-order valence-corrected chi connectivity index (χ2v) is 5.55. The number of nitrogens with zero attached hydrogens (tertiary/aromatic N) is 2. The van der Waals surface area contributed by atoms with Crippen molar-refractivity contribution in [1.82, 2.24) is 9.97 Å². The lowest BCUT2D eigenvalue weighted by Gasteiger charge is -2.12. The van der Waals surface area contributed by atoms with E-state index in [0.29, 0.717) is 11.9 Å². The Morgan fingerprint density at radius 2 is 1.73 bits per heavy atom. The fourth-order valence-corrected chi connectivity index (χ4v) is 2.59. The normalized spacial score (nSPS) is 11.1. The SMILES string of the molecule is COc1ccc(-c2cc(C(C)C)nc(N)n2)c2ccccc12. The first-order chi connectivity index (χ1) is 10.6. The Kier molecular flexibility index (Phi) is 3.67. The molecule has 0 amide bonds. The van der Waals surface area contributed by atoms with E-state index in [0.717, 1.165) is 33.5 Å². The van der Waals surface area contributed by atoms with Gasteiger partial charge in [-0.25, -0.2) is 9.97 Å². The molecule has 4 heteroatoms. The van der Waals surface area contributed by atoms with Crippen LogP contribution >= 0.6 is 0 Å². The second kappa shape index (κ2) is 5.64. The maximum absolute atomic E-state index is 5.89. The maximum atomic E-state index is 5.89. The lowest BCUT2D eigenvalue weighted by atomic mass is 9.99. The van der Waals surface area contributed by atoms with Crippen molar-refractivity contribution in [3.05, 3.63) is 48.2 Å². The van der Waals surface area contributed by atoms with Crippen LogP contribution < -0.4 is 10.5 Å². The average molecular weight is 293 g/mol. The van der Waals surface area contributed by atoms with Crippen molar-refractivity contribution in [3.63, 3.8) is 0 Å². The molecule has 112 valence electrons. The van der Waals surface area contributed by atoms with Gasteiger partial charge < -0.3 is 10.5 Å². The Morgan fingerprint density at radius 1 is 1.00 bits per heavy atom. The Hall–Kier alpha value is -2.62. The zero-order chi connectivity index (χ0) is 15.7. The molecule has 0 radical (unpaired) electrons. The van der Waals surface area contributed by atoms with Crippen LogP contribution in [-0.4, -0.2) is 17.1 Å². The van der Waals surface area contributed by atoms with Crippen molar-refractivity contribution in [2.45, 2.75) is 19.8 Å². The molecule has 3 rings (SSSR count). The molecule has 0 aliphatic heterocycles. The first-order valence-electron chi connectivity index (χ1n) is 7.30. The molecule has 1 heterocycles. The third kappa shape index (κ3) is 2.48. The molecule has 1 aromatic heterocycles. The second-order valence-electron chi connectivity index (χ2n) is 5.55. The third-order valence-electron chi connectivity index (χ3n) is 3.73. The molecule has 0 atom stereocenters. The molecule has 3 aromatic rings. The van der Waals surface area contributed by atoms with Crippen molar-refractivity contribution in [1.29, 1.82) is 0 Å². The van der Waals surface area contributed by atoms with E-state index in [1.165, 1.54) is 0 Å². The molecule has 4 nitrogen and oxygen atoms in total. The molecule has 0 aliphatic carbocycles. The number of ether oxygens (including phenoxy) is 1. The van der Waals surface area contributed by atoms with Gasteiger partial charge in [-0.15, -0.1) is 0 Å². The highest BCUT2D eigenvalue weighted by Gasteiger charge is 2.12. The highest BCUT2D eigenvalue weighted by molar-refractivity contribution is 5.99. The Balaban J connectivity index is 2.27. The summed E-state index contributed by atoms with van der Waals surface area (Å²) in [5.74, 6) is 1.46. The average Bonchev–Trinajstić information content (AvgIpc) is 2.53. The van der Waals surface area contributed by atoms with Gasteiger partial charge in [-0.05, 0) is 29.5 Å². The van der Waals surface area contributed by atoms with Gasteiger partial charge in [-0.2, -0.15) is 0 Å². The zero-order valence-corrected chi connectivity index (χ0v) is 13.0. The fourth-order valence-electron chi connectivity index (χ4n) is 2.59. The largest absolute Gasteiger partial charge is 0.496 e. The molecule has 0 bridgehead atoms. The molecule has 2 aromatic carbocycles. The highest BCUT2D eigenvalue weighted by Crippen LogP contribution is 2.34. The standard InChI is InChI=1S/C18H19N3O/c1-11(2)15-10-16(21-18(19)20-15)13-8-9-17(22-3)14-7-5-4-6-12(13)14/h4-11H,1-3H3,(H2,19,20,21). The summed E-state index contributed by atoms with van der Waals surface area (Å²) in [7, 11) is 1.68. The Morgan fingerprint density at radius 3 is 2.41 bits per heavy atom. The number of hydrogen-bond acceptors (Lipinski definition) is 4.